The average Bonchev–Trinajstić information content (AvgIpc) is 2.51. The van der Waals surface area contributed by atoms with E-state index in [2.05, 4.69) is 0 Å². The molecule has 3 nitrogen and oxygen atoms in total. The standard InChI is InChI=1S/C8H8INO2S/c9-8(12)10-3-6(11)5-1-2-13-7(5)4-10/h1-2,6,11H,3-4H2. The lowest BCUT2D eigenvalue weighted by Crippen LogP contribution is -2.34. The van der Waals surface area contributed by atoms with Crippen molar-refractivity contribution in [3.63, 3.8) is 0 Å². The Morgan fingerprint density at radius 3 is 3.23 bits per heavy atom. The van der Waals surface area contributed by atoms with E-state index in [4.69, 9.17) is 0 Å². The van der Waals surface area contributed by atoms with Crippen LogP contribution in [0.4, 0.5) is 4.79 Å². The Labute approximate surface area is 93.5 Å². The summed E-state index contributed by atoms with van der Waals surface area (Å²) in [6.45, 7) is 1.07. The minimum Gasteiger partial charge on any atom is -0.387 e. The Balaban J connectivity index is 2.28. The van der Waals surface area contributed by atoms with Gasteiger partial charge in [0.05, 0.1) is 19.2 Å². The fraction of sp³-hybridized carbons (Fsp3) is 0.375. The molecule has 0 aromatic carbocycles. The third-order valence-corrected chi connectivity index (χ3v) is 3.72. The topological polar surface area (TPSA) is 40.5 Å². The lowest BCUT2D eigenvalue weighted by atomic mass is 10.1. The summed E-state index contributed by atoms with van der Waals surface area (Å²) in [5.41, 5.74) is 0.985. The van der Waals surface area contributed by atoms with Gasteiger partial charge in [0.25, 0.3) is 3.91 Å². The smallest absolute Gasteiger partial charge is 0.283 e. The molecule has 0 aliphatic carbocycles. The lowest BCUT2D eigenvalue weighted by molar-refractivity contribution is 0.116. The van der Waals surface area contributed by atoms with Gasteiger partial charge in [0.1, 0.15) is 0 Å². The van der Waals surface area contributed by atoms with Gasteiger partial charge in [-0.25, -0.2) is 0 Å². The first kappa shape index (κ1) is 9.42. The molecule has 2 rings (SSSR count). The van der Waals surface area contributed by atoms with E-state index < -0.39 is 6.10 Å². The Kier molecular flexibility index (Phi) is 2.57. The molecule has 1 aliphatic rings. The van der Waals surface area contributed by atoms with Gasteiger partial charge >= 0.3 is 0 Å². The summed E-state index contributed by atoms with van der Waals surface area (Å²) in [6, 6.07) is 1.93. The number of nitrogens with zero attached hydrogens (tertiary/aromatic N) is 1. The van der Waals surface area contributed by atoms with E-state index in [9.17, 15) is 9.90 Å². The number of rotatable bonds is 0. The van der Waals surface area contributed by atoms with Gasteiger partial charge in [-0.2, -0.15) is 0 Å². The zero-order valence-corrected chi connectivity index (χ0v) is 9.71. The summed E-state index contributed by atoms with van der Waals surface area (Å²) in [5.74, 6) is 0. The first-order chi connectivity index (χ1) is 6.18. The number of carbonyl (C=O) groups is 1. The van der Waals surface area contributed by atoms with Crippen molar-refractivity contribution in [2.75, 3.05) is 6.54 Å². The molecule has 0 saturated carbocycles. The van der Waals surface area contributed by atoms with Crippen LogP contribution in [0, 0.1) is 0 Å². The summed E-state index contributed by atoms with van der Waals surface area (Å²) < 4.78 is -0.00398. The Hall–Kier alpha value is -0.140. The number of hydrogen-bond donors (Lipinski definition) is 1. The maximum absolute atomic E-state index is 11.1. The molecule has 0 bridgehead atoms. The monoisotopic (exact) mass is 309 g/mol. The molecule has 0 fully saturated rings. The van der Waals surface area contributed by atoms with E-state index >= 15 is 0 Å². The number of amides is 1. The highest BCUT2D eigenvalue weighted by Crippen LogP contribution is 2.31. The van der Waals surface area contributed by atoms with Gasteiger partial charge in [0.2, 0.25) is 0 Å². The van der Waals surface area contributed by atoms with Crippen LogP contribution in [-0.4, -0.2) is 20.5 Å². The first-order valence-electron chi connectivity index (χ1n) is 3.87. The molecule has 13 heavy (non-hydrogen) atoms. The van der Waals surface area contributed by atoms with Crippen molar-refractivity contribution in [1.29, 1.82) is 0 Å². The van der Waals surface area contributed by atoms with E-state index in [1.807, 2.05) is 11.4 Å². The third-order valence-electron chi connectivity index (χ3n) is 2.12. The second-order valence-electron chi connectivity index (χ2n) is 2.95. The second-order valence-corrected chi connectivity index (χ2v) is 4.87. The van der Waals surface area contributed by atoms with Crippen LogP contribution in [0.3, 0.4) is 0 Å². The van der Waals surface area contributed by atoms with Gasteiger partial charge in [-0.05, 0) is 17.0 Å². The fourth-order valence-corrected chi connectivity index (χ4v) is 2.77. The number of thiophene rings is 1. The van der Waals surface area contributed by atoms with E-state index in [1.54, 1.807) is 38.8 Å². The predicted octanol–water partition coefficient (Wildman–Crippen LogP) is 2.15. The second kappa shape index (κ2) is 3.55. The van der Waals surface area contributed by atoms with Crippen LogP contribution in [0.2, 0.25) is 0 Å². The van der Waals surface area contributed by atoms with Crippen molar-refractivity contribution >= 4 is 37.8 Å². The highest BCUT2D eigenvalue weighted by Gasteiger charge is 2.26. The lowest BCUT2D eigenvalue weighted by Gasteiger charge is -2.28. The Morgan fingerprint density at radius 1 is 1.77 bits per heavy atom. The molecule has 70 valence electrons. The fourth-order valence-electron chi connectivity index (χ4n) is 1.45. The van der Waals surface area contributed by atoms with Gasteiger partial charge < -0.3 is 10.0 Å². The summed E-state index contributed by atoms with van der Waals surface area (Å²) in [7, 11) is 0. The number of fused-ring (bicyclic) bond motifs is 1. The minimum atomic E-state index is -0.506. The molecule has 5 heteroatoms. The molecule has 1 unspecified atom stereocenters. The molecular weight excluding hydrogens is 301 g/mol. The van der Waals surface area contributed by atoms with Gasteiger partial charge in [-0.15, -0.1) is 11.3 Å². The van der Waals surface area contributed by atoms with Gasteiger partial charge in [-0.3, -0.25) is 4.79 Å². The Morgan fingerprint density at radius 2 is 2.54 bits per heavy atom. The summed E-state index contributed by atoms with van der Waals surface area (Å²) in [5, 5.41) is 11.6. The van der Waals surface area contributed by atoms with Crippen molar-refractivity contribution in [3.05, 3.63) is 21.9 Å². The van der Waals surface area contributed by atoms with E-state index in [0.29, 0.717) is 13.1 Å². The molecule has 1 N–H and O–H groups in total. The van der Waals surface area contributed by atoms with Crippen LogP contribution < -0.4 is 0 Å². The number of β-amino-alcohol motifs (C(OH)–C–C–N with tert-alkyl or cyclic N) is 1. The molecular formula is C8H8INO2S. The molecule has 0 radical (unpaired) electrons. The maximum Gasteiger partial charge on any atom is 0.283 e. The van der Waals surface area contributed by atoms with E-state index in [1.165, 1.54) is 0 Å². The van der Waals surface area contributed by atoms with Crippen molar-refractivity contribution in [3.8, 4) is 0 Å². The SMILES string of the molecule is O=C(I)N1Cc2sccc2C(O)C1. The van der Waals surface area contributed by atoms with Crippen molar-refractivity contribution in [2.24, 2.45) is 0 Å². The van der Waals surface area contributed by atoms with Crippen LogP contribution in [0.5, 0.6) is 0 Å². The summed E-state index contributed by atoms with van der Waals surface area (Å²) in [4.78, 5) is 13.8. The normalized spacial score (nSPS) is 21.4. The van der Waals surface area contributed by atoms with Crippen LogP contribution in [0.1, 0.15) is 16.5 Å². The summed E-state index contributed by atoms with van der Waals surface area (Å²) >= 11 is 3.34. The third kappa shape index (κ3) is 1.72. The molecule has 2 heterocycles. The zero-order chi connectivity index (χ0) is 9.42. The van der Waals surface area contributed by atoms with Crippen molar-refractivity contribution in [1.82, 2.24) is 4.90 Å². The van der Waals surface area contributed by atoms with Gasteiger partial charge in [-0.1, -0.05) is 0 Å². The van der Waals surface area contributed by atoms with Crippen LogP contribution in [-0.2, 0) is 6.54 Å². The first-order valence-corrected chi connectivity index (χ1v) is 5.83. The minimum absolute atomic E-state index is 0.00398. The van der Waals surface area contributed by atoms with Gasteiger partial charge in [0.15, 0.2) is 0 Å². The average molecular weight is 309 g/mol. The highest BCUT2D eigenvalue weighted by atomic mass is 127. The number of aliphatic hydroxyl groups is 1. The largest absolute Gasteiger partial charge is 0.387 e. The number of hydrogen-bond acceptors (Lipinski definition) is 3. The molecule has 0 spiro atoms. The molecule has 1 aromatic rings. The van der Waals surface area contributed by atoms with Crippen LogP contribution in [0.25, 0.3) is 0 Å². The van der Waals surface area contributed by atoms with Crippen LogP contribution >= 0.6 is 33.9 Å². The van der Waals surface area contributed by atoms with Crippen LogP contribution in [0.15, 0.2) is 11.4 Å². The maximum atomic E-state index is 11.1. The van der Waals surface area contributed by atoms with Crippen molar-refractivity contribution in [2.45, 2.75) is 12.6 Å². The molecule has 1 amide bonds. The molecule has 1 atom stereocenters. The zero-order valence-electron chi connectivity index (χ0n) is 6.74. The Bertz CT molecular complexity index is 339. The molecule has 1 aliphatic heterocycles. The quantitative estimate of drug-likeness (QED) is 0.453. The number of halogens is 1. The number of carbonyl (C=O) groups excluding carboxylic acids is 1. The summed E-state index contributed by atoms with van der Waals surface area (Å²) in [6.07, 6.45) is -0.506. The van der Waals surface area contributed by atoms with Crippen molar-refractivity contribution < 1.29 is 9.90 Å². The van der Waals surface area contributed by atoms with E-state index in [0.717, 1.165) is 10.4 Å². The highest BCUT2D eigenvalue weighted by molar-refractivity contribution is 14.1. The van der Waals surface area contributed by atoms with E-state index in [-0.39, 0.29) is 3.91 Å². The molecule has 0 saturated heterocycles. The molecule has 1 aromatic heterocycles. The number of aliphatic hydroxyl groups excluding tert-OH is 1. The predicted molar refractivity (Wildman–Crippen MR) is 59.1 cm³/mol. The van der Waals surface area contributed by atoms with Gasteiger partial charge in [0, 0.05) is 27.5 Å².